The number of piperidine rings is 1. The van der Waals surface area contributed by atoms with Crippen molar-refractivity contribution in [3.63, 3.8) is 0 Å². The van der Waals surface area contributed by atoms with Crippen LogP contribution in [-0.4, -0.2) is 13.1 Å². The van der Waals surface area contributed by atoms with Crippen molar-refractivity contribution in [3.05, 3.63) is 29.3 Å². The van der Waals surface area contributed by atoms with Crippen LogP contribution in [0.3, 0.4) is 0 Å². The van der Waals surface area contributed by atoms with Gasteiger partial charge in [0.15, 0.2) is 0 Å². The third-order valence-electron chi connectivity index (χ3n) is 4.39. The van der Waals surface area contributed by atoms with Gasteiger partial charge in [-0.1, -0.05) is 44.5 Å². The van der Waals surface area contributed by atoms with Gasteiger partial charge in [-0.3, -0.25) is 0 Å². The molecule has 2 aliphatic rings. The molecule has 1 saturated heterocycles. The molecule has 0 bridgehead atoms. The highest BCUT2D eigenvalue weighted by Gasteiger charge is 2.59. The van der Waals surface area contributed by atoms with Gasteiger partial charge in [0.25, 0.3) is 0 Å². The minimum Gasteiger partial charge on any atom is -0.370 e. The van der Waals surface area contributed by atoms with E-state index < -0.39 is 0 Å². The Labute approximate surface area is 109 Å². The minimum absolute atomic E-state index is 0.474. The highest BCUT2D eigenvalue weighted by atomic mass is 35.5. The molecule has 17 heavy (non-hydrogen) atoms. The summed E-state index contributed by atoms with van der Waals surface area (Å²) in [5, 5.41) is 0.890. The van der Waals surface area contributed by atoms with Crippen molar-refractivity contribution in [2.24, 2.45) is 23.2 Å². The zero-order chi connectivity index (χ0) is 12.2. The summed E-state index contributed by atoms with van der Waals surface area (Å²) >= 11 is 6.25. The van der Waals surface area contributed by atoms with Crippen LogP contribution < -0.4 is 4.90 Å². The fraction of sp³-hybridized carbons (Fsp3) is 0.600. The maximum atomic E-state index is 6.25. The van der Waals surface area contributed by atoms with Crippen LogP contribution in [0.5, 0.6) is 0 Å². The molecule has 2 fully saturated rings. The SMILES string of the molecule is CC(C)(C)C1C2CN(c3ccccc3Cl)CC21. The van der Waals surface area contributed by atoms with Crippen LogP contribution in [-0.2, 0) is 0 Å². The lowest BCUT2D eigenvalue weighted by Gasteiger charge is -2.27. The van der Waals surface area contributed by atoms with Gasteiger partial charge in [0.1, 0.15) is 0 Å². The van der Waals surface area contributed by atoms with Crippen LogP contribution in [0.15, 0.2) is 24.3 Å². The van der Waals surface area contributed by atoms with E-state index in [2.05, 4.69) is 37.8 Å². The average molecular weight is 250 g/mol. The molecule has 1 aromatic rings. The molecule has 1 saturated carbocycles. The monoisotopic (exact) mass is 249 g/mol. The molecule has 0 radical (unpaired) electrons. The topological polar surface area (TPSA) is 3.24 Å². The molecule has 1 aromatic carbocycles. The second kappa shape index (κ2) is 3.65. The van der Waals surface area contributed by atoms with Crippen molar-refractivity contribution in [3.8, 4) is 0 Å². The van der Waals surface area contributed by atoms with E-state index >= 15 is 0 Å². The molecule has 0 N–H and O–H groups in total. The Balaban J connectivity index is 1.72. The van der Waals surface area contributed by atoms with Crippen molar-refractivity contribution in [1.29, 1.82) is 0 Å². The second-order valence-corrected chi connectivity index (χ2v) is 6.98. The number of halogens is 1. The van der Waals surface area contributed by atoms with Gasteiger partial charge >= 0.3 is 0 Å². The summed E-state index contributed by atoms with van der Waals surface area (Å²) in [6.07, 6.45) is 0. The number of para-hydroxylation sites is 1. The first-order valence-corrected chi connectivity index (χ1v) is 6.86. The van der Waals surface area contributed by atoms with Crippen molar-refractivity contribution >= 4 is 17.3 Å². The van der Waals surface area contributed by atoms with Crippen molar-refractivity contribution in [1.82, 2.24) is 0 Å². The number of rotatable bonds is 1. The average Bonchev–Trinajstić information content (AvgIpc) is 2.78. The smallest absolute Gasteiger partial charge is 0.0639 e. The van der Waals surface area contributed by atoms with Gasteiger partial charge < -0.3 is 4.90 Å². The first-order valence-electron chi connectivity index (χ1n) is 6.48. The van der Waals surface area contributed by atoms with E-state index in [-0.39, 0.29) is 0 Å². The normalized spacial score (nSPS) is 31.5. The maximum Gasteiger partial charge on any atom is 0.0639 e. The summed E-state index contributed by atoms with van der Waals surface area (Å²) in [6, 6.07) is 8.20. The molecule has 2 heteroatoms. The molecular weight excluding hydrogens is 230 g/mol. The van der Waals surface area contributed by atoms with Crippen LogP contribution in [0.1, 0.15) is 20.8 Å². The Bertz CT molecular complexity index is 423. The predicted octanol–water partition coefficient (Wildman–Crippen LogP) is 4.07. The predicted molar refractivity (Wildman–Crippen MR) is 73.6 cm³/mol. The van der Waals surface area contributed by atoms with Gasteiger partial charge in [-0.25, -0.2) is 0 Å². The summed E-state index contributed by atoms with van der Waals surface area (Å²) in [7, 11) is 0. The van der Waals surface area contributed by atoms with Gasteiger partial charge in [0.2, 0.25) is 0 Å². The third kappa shape index (κ3) is 1.85. The first kappa shape index (κ1) is 11.4. The molecule has 2 atom stereocenters. The van der Waals surface area contributed by atoms with Crippen molar-refractivity contribution < 1.29 is 0 Å². The summed E-state index contributed by atoms with van der Waals surface area (Å²) in [5.74, 6) is 2.71. The van der Waals surface area contributed by atoms with E-state index in [4.69, 9.17) is 11.6 Å². The maximum absolute atomic E-state index is 6.25. The molecule has 2 unspecified atom stereocenters. The lowest BCUT2D eigenvalue weighted by atomic mass is 9.87. The molecule has 0 amide bonds. The lowest BCUT2D eigenvalue weighted by molar-refractivity contribution is 0.309. The summed E-state index contributed by atoms with van der Waals surface area (Å²) in [5.41, 5.74) is 1.69. The van der Waals surface area contributed by atoms with Gasteiger partial charge in [-0.15, -0.1) is 0 Å². The molecular formula is C15H20ClN. The van der Waals surface area contributed by atoms with Gasteiger partial charge in [0, 0.05) is 13.1 Å². The van der Waals surface area contributed by atoms with Crippen LogP contribution in [0.4, 0.5) is 5.69 Å². The highest BCUT2D eigenvalue weighted by Crippen LogP contribution is 2.60. The number of anilines is 1. The molecule has 3 rings (SSSR count). The zero-order valence-electron chi connectivity index (χ0n) is 10.8. The Hall–Kier alpha value is -0.690. The van der Waals surface area contributed by atoms with Crippen LogP contribution >= 0.6 is 11.6 Å². The van der Waals surface area contributed by atoms with Crippen LogP contribution in [0, 0.1) is 23.2 Å². The summed E-state index contributed by atoms with van der Waals surface area (Å²) in [6.45, 7) is 9.49. The largest absolute Gasteiger partial charge is 0.370 e. The summed E-state index contributed by atoms with van der Waals surface area (Å²) < 4.78 is 0. The van der Waals surface area contributed by atoms with E-state index in [1.54, 1.807) is 0 Å². The Morgan fingerprint density at radius 1 is 1.12 bits per heavy atom. The second-order valence-electron chi connectivity index (χ2n) is 6.58. The van der Waals surface area contributed by atoms with E-state index in [9.17, 15) is 0 Å². The molecule has 1 nitrogen and oxygen atoms in total. The first-order chi connectivity index (χ1) is 7.98. The molecule has 1 aliphatic carbocycles. The van der Waals surface area contributed by atoms with Crippen molar-refractivity contribution in [2.45, 2.75) is 20.8 Å². The number of benzene rings is 1. The number of hydrogen-bond acceptors (Lipinski definition) is 1. The fourth-order valence-electron chi connectivity index (χ4n) is 3.72. The molecule has 1 heterocycles. The van der Waals surface area contributed by atoms with Gasteiger partial charge in [-0.05, 0) is 35.3 Å². The number of fused-ring (bicyclic) bond motifs is 1. The quantitative estimate of drug-likeness (QED) is 0.725. The van der Waals surface area contributed by atoms with E-state index in [0.717, 1.165) is 22.8 Å². The third-order valence-corrected chi connectivity index (χ3v) is 4.71. The van der Waals surface area contributed by atoms with E-state index in [1.807, 2.05) is 12.1 Å². The zero-order valence-corrected chi connectivity index (χ0v) is 11.5. The molecule has 0 aromatic heterocycles. The van der Waals surface area contributed by atoms with Crippen molar-refractivity contribution in [2.75, 3.05) is 18.0 Å². The standard InChI is InChI=1S/C15H20ClN/c1-15(2,3)14-10-8-17(9-11(10)14)13-7-5-4-6-12(13)16/h4-7,10-11,14H,8-9H2,1-3H3. The Morgan fingerprint density at radius 2 is 1.71 bits per heavy atom. The summed E-state index contributed by atoms with van der Waals surface area (Å²) in [4.78, 5) is 2.46. The van der Waals surface area contributed by atoms with Crippen LogP contribution in [0.2, 0.25) is 5.02 Å². The van der Waals surface area contributed by atoms with E-state index in [1.165, 1.54) is 18.8 Å². The lowest BCUT2D eigenvalue weighted by Crippen LogP contribution is -2.27. The van der Waals surface area contributed by atoms with E-state index in [0.29, 0.717) is 5.41 Å². The highest BCUT2D eigenvalue weighted by molar-refractivity contribution is 6.33. The molecule has 1 aliphatic heterocycles. The minimum atomic E-state index is 0.474. The van der Waals surface area contributed by atoms with Gasteiger partial charge in [0.05, 0.1) is 10.7 Å². The van der Waals surface area contributed by atoms with Gasteiger partial charge in [-0.2, -0.15) is 0 Å². The molecule has 92 valence electrons. The van der Waals surface area contributed by atoms with Crippen LogP contribution in [0.25, 0.3) is 0 Å². The fourth-order valence-corrected chi connectivity index (χ4v) is 3.97. The Morgan fingerprint density at radius 3 is 2.24 bits per heavy atom. The Kier molecular flexibility index (Phi) is 2.45. The molecule has 0 spiro atoms. The number of nitrogens with zero attached hydrogens (tertiary/aromatic N) is 1. The number of hydrogen-bond donors (Lipinski definition) is 0.